The summed E-state index contributed by atoms with van der Waals surface area (Å²) in [4.78, 5) is 0.819. The van der Waals surface area contributed by atoms with Gasteiger partial charge in [-0.2, -0.15) is 5.21 Å². The third kappa shape index (κ3) is 2.66. The highest BCUT2D eigenvalue weighted by atomic mass is 32.2. The predicted octanol–water partition coefficient (Wildman–Crippen LogP) is -0.802. The Morgan fingerprint density at radius 3 is 3.00 bits per heavy atom. The van der Waals surface area contributed by atoms with Crippen molar-refractivity contribution in [2.24, 2.45) is 5.73 Å². The Bertz CT molecular complexity index is 575. The van der Waals surface area contributed by atoms with Crippen molar-refractivity contribution in [2.45, 2.75) is 18.0 Å². The number of aromatic amines is 1. The van der Waals surface area contributed by atoms with Gasteiger partial charge < -0.3 is 5.73 Å². The van der Waals surface area contributed by atoms with Crippen LogP contribution >= 0.6 is 11.3 Å². The fraction of sp³-hybridized carbons (Fsp3) is 0.286. The van der Waals surface area contributed by atoms with Crippen LogP contribution in [-0.2, 0) is 23.1 Å². The number of nitrogens with zero attached hydrogens (tertiary/aromatic N) is 3. The standard InChI is InChI=1S/C7H10N6O2S2/c8-3-5-6(1-2-16-5)17(14,15)9-4-7-10-12-13-11-7/h1-2,9H,3-4,8H2,(H,10,11,12,13). The largest absolute Gasteiger partial charge is 0.326 e. The van der Waals surface area contributed by atoms with Crippen molar-refractivity contribution in [3.8, 4) is 0 Å². The third-order valence-electron chi connectivity index (χ3n) is 1.99. The average Bonchev–Trinajstić information content (AvgIpc) is 2.97. The maximum Gasteiger partial charge on any atom is 0.242 e. The first-order valence-corrected chi connectivity index (χ1v) is 6.98. The maximum absolute atomic E-state index is 11.9. The lowest BCUT2D eigenvalue weighted by molar-refractivity contribution is 0.578. The van der Waals surface area contributed by atoms with E-state index in [1.807, 2.05) is 0 Å². The number of hydrogen-bond acceptors (Lipinski definition) is 7. The smallest absolute Gasteiger partial charge is 0.242 e. The number of sulfonamides is 1. The Balaban J connectivity index is 2.14. The van der Waals surface area contributed by atoms with Crippen LogP contribution in [0.1, 0.15) is 10.7 Å². The van der Waals surface area contributed by atoms with Crippen LogP contribution in [0.15, 0.2) is 16.3 Å². The van der Waals surface area contributed by atoms with Crippen LogP contribution in [0.3, 0.4) is 0 Å². The number of aromatic nitrogens is 4. The highest BCUT2D eigenvalue weighted by Crippen LogP contribution is 2.21. The van der Waals surface area contributed by atoms with E-state index in [1.165, 1.54) is 17.4 Å². The van der Waals surface area contributed by atoms with Gasteiger partial charge in [-0.15, -0.1) is 21.5 Å². The van der Waals surface area contributed by atoms with Gasteiger partial charge in [-0.25, -0.2) is 13.1 Å². The van der Waals surface area contributed by atoms with Crippen LogP contribution in [0.5, 0.6) is 0 Å². The van der Waals surface area contributed by atoms with Crippen molar-refractivity contribution >= 4 is 21.4 Å². The van der Waals surface area contributed by atoms with Crippen LogP contribution in [0.4, 0.5) is 0 Å². The molecule has 0 radical (unpaired) electrons. The third-order valence-corrected chi connectivity index (χ3v) is 4.55. The molecule has 0 amide bonds. The molecule has 92 valence electrons. The zero-order valence-corrected chi connectivity index (χ0v) is 10.3. The molecule has 2 aromatic rings. The Morgan fingerprint density at radius 2 is 2.35 bits per heavy atom. The number of thiophene rings is 1. The van der Waals surface area contributed by atoms with Gasteiger partial charge in [-0.05, 0) is 11.4 Å². The van der Waals surface area contributed by atoms with Gasteiger partial charge >= 0.3 is 0 Å². The minimum atomic E-state index is -3.58. The molecule has 2 rings (SSSR count). The van der Waals surface area contributed by atoms with E-state index >= 15 is 0 Å². The van der Waals surface area contributed by atoms with Gasteiger partial charge in [0, 0.05) is 11.4 Å². The average molecular weight is 274 g/mol. The molecule has 17 heavy (non-hydrogen) atoms. The van der Waals surface area contributed by atoms with E-state index in [0.29, 0.717) is 4.88 Å². The lowest BCUT2D eigenvalue weighted by atomic mass is 10.5. The molecule has 0 unspecified atom stereocenters. The Labute approximate surface area is 101 Å². The van der Waals surface area contributed by atoms with E-state index < -0.39 is 10.0 Å². The van der Waals surface area contributed by atoms with Crippen LogP contribution < -0.4 is 10.5 Å². The predicted molar refractivity (Wildman–Crippen MR) is 60.4 cm³/mol. The number of hydrogen-bond donors (Lipinski definition) is 3. The van der Waals surface area contributed by atoms with Crippen molar-refractivity contribution in [3.63, 3.8) is 0 Å². The first-order chi connectivity index (χ1) is 8.13. The highest BCUT2D eigenvalue weighted by molar-refractivity contribution is 7.89. The van der Waals surface area contributed by atoms with E-state index in [-0.39, 0.29) is 23.8 Å². The molecule has 0 fully saturated rings. The van der Waals surface area contributed by atoms with E-state index in [0.717, 1.165) is 0 Å². The fourth-order valence-electron chi connectivity index (χ4n) is 1.21. The number of rotatable bonds is 5. The molecule has 0 aliphatic heterocycles. The number of tetrazole rings is 1. The van der Waals surface area contributed by atoms with Gasteiger partial charge in [0.1, 0.15) is 0 Å². The molecule has 10 heteroatoms. The van der Waals surface area contributed by atoms with Gasteiger partial charge in [0.25, 0.3) is 0 Å². The Hall–Kier alpha value is -1.36. The van der Waals surface area contributed by atoms with Crippen molar-refractivity contribution < 1.29 is 8.42 Å². The van der Waals surface area contributed by atoms with E-state index in [2.05, 4.69) is 25.3 Å². The highest BCUT2D eigenvalue weighted by Gasteiger charge is 2.19. The number of nitrogens with two attached hydrogens (primary N) is 1. The molecular weight excluding hydrogens is 264 g/mol. The van der Waals surface area contributed by atoms with Crippen LogP contribution in [0.2, 0.25) is 0 Å². The monoisotopic (exact) mass is 274 g/mol. The van der Waals surface area contributed by atoms with Gasteiger partial charge in [0.2, 0.25) is 10.0 Å². The zero-order valence-electron chi connectivity index (χ0n) is 8.62. The first kappa shape index (κ1) is 12.1. The summed E-state index contributed by atoms with van der Waals surface area (Å²) in [6, 6.07) is 1.52. The van der Waals surface area contributed by atoms with Crippen LogP contribution in [0.25, 0.3) is 0 Å². The quantitative estimate of drug-likeness (QED) is 0.655. The molecule has 0 saturated carbocycles. The molecule has 0 saturated heterocycles. The van der Waals surface area contributed by atoms with E-state index in [9.17, 15) is 8.42 Å². The van der Waals surface area contributed by atoms with Gasteiger partial charge in [-0.3, -0.25) is 0 Å². The second-order valence-electron chi connectivity index (χ2n) is 3.06. The second kappa shape index (κ2) is 4.87. The Morgan fingerprint density at radius 1 is 1.53 bits per heavy atom. The molecule has 4 N–H and O–H groups in total. The SMILES string of the molecule is NCc1sccc1S(=O)(=O)NCc1nn[nH]n1. The molecule has 0 aliphatic carbocycles. The van der Waals surface area contributed by atoms with E-state index in [1.54, 1.807) is 5.38 Å². The van der Waals surface area contributed by atoms with Crippen LogP contribution in [-0.4, -0.2) is 29.0 Å². The summed E-state index contributed by atoms with van der Waals surface area (Å²) in [5.41, 5.74) is 5.46. The summed E-state index contributed by atoms with van der Waals surface area (Å²) in [6.07, 6.45) is 0. The molecule has 2 aromatic heterocycles. The summed E-state index contributed by atoms with van der Waals surface area (Å²) in [5.74, 6) is 0.276. The summed E-state index contributed by atoms with van der Waals surface area (Å²) in [7, 11) is -3.58. The summed E-state index contributed by atoms with van der Waals surface area (Å²) < 4.78 is 26.2. The van der Waals surface area contributed by atoms with Gasteiger partial charge in [-0.1, -0.05) is 5.21 Å². The first-order valence-electron chi connectivity index (χ1n) is 4.62. The lowest BCUT2D eigenvalue weighted by Crippen LogP contribution is -2.24. The zero-order chi connectivity index (χ0) is 12.3. The van der Waals surface area contributed by atoms with Gasteiger partial charge in [0.15, 0.2) is 5.82 Å². The fourth-order valence-corrected chi connectivity index (χ4v) is 3.53. The number of nitrogens with one attached hydrogen (secondary N) is 2. The normalized spacial score (nSPS) is 11.8. The number of H-pyrrole nitrogens is 1. The van der Waals surface area contributed by atoms with Crippen molar-refractivity contribution in [2.75, 3.05) is 0 Å². The topological polar surface area (TPSA) is 127 Å². The molecule has 0 atom stereocenters. The summed E-state index contributed by atoms with van der Waals surface area (Å²) in [5, 5.41) is 14.5. The molecular formula is C7H10N6O2S2. The minimum absolute atomic E-state index is 0.0152. The van der Waals surface area contributed by atoms with Gasteiger partial charge in [0.05, 0.1) is 11.4 Å². The van der Waals surface area contributed by atoms with Crippen LogP contribution in [0, 0.1) is 0 Å². The molecule has 0 spiro atoms. The van der Waals surface area contributed by atoms with Crippen molar-refractivity contribution in [1.82, 2.24) is 25.3 Å². The molecule has 2 heterocycles. The van der Waals surface area contributed by atoms with Crippen molar-refractivity contribution in [1.29, 1.82) is 0 Å². The second-order valence-corrected chi connectivity index (χ2v) is 5.80. The van der Waals surface area contributed by atoms with E-state index in [4.69, 9.17) is 5.73 Å². The summed E-state index contributed by atoms with van der Waals surface area (Å²) in [6.45, 7) is 0.175. The maximum atomic E-state index is 11.9. The molecule has 8 nitrogen and oxygen atoms in total. The Kier molecular flexibility index (Phi) is 3.47. The minimum Gasteiger partial charge on any atom is -0.326 e. The van der Waals surface area contributed by atoms with Crippen molar-refractivity contribution in [3.05, 3.63) is 22.1 Å². The lowest BCUT2D eigenvalue weighted by Gasteiger charge is -2.04. The molecule has 0 bridgehead atoms. The molecule has 0 aliphatic rings. The molecule has 0 aromatic carbocycles. The summed E-state index contributed by atoms with van der Waals surface area (Å²) >= 11 is 1.31.